The zero-order valence-corrected chi connectivity index (χ0v) is 19.6. The molecule has 0 bridgehead atoms. The highest BCUT2D eigenvalue weighted by Crippen LogP contribution is 2.29. The first kappa shape index (κ1) is 22.8. The largest absolute Gasteiger partial charge is 0.342 e. The Morgan fingerprint density at radius 2 is 1.77 bits per heavy atom. The first-order chi connectivity index (χ1) is 14.5. The van der Waals surface area contributed by atoms with Gasteiger partial charge in [-0.25, -0.2) is 0 Å². The molecular formula is C23H35N5OS. The van der Waals surface area contributed by atoms with E-state index in [9.17, 15) is 4.79 Å². The van der Waals surface area contributed by atoms with E-state index in [0.29, 0.717) is 6.54 Å². The van der Waals surface area contributed by atoms with Crippen LogP contribution in [-0.2, 0) is 11.3 Å². The Morgan fingerprint density at radius 3 is 2.37 bits per heavy atom. The van der Waals surface area contributed by atoms with E-state index in [1.54, 1.807) is 0 Å². The Hall–Kier alpha value is -1.86. The number of carbonyl (C=O) groups excluding carboxylic acids is 1. The Balaban J connectivity index is 1.84. The molecule has 1 saturated heterocycles. The number of rotatable bonds is 8. The maximum absolute atomic E-state index is 13.1. The van der Waals surface area contributed by atoms with E-state index in [4.69, 9.17) is 0 Å². The van der Waals surface area contributed by atoms with Crippen molar-refractivity contribution in [3.05, 3.63) is 41.7 Å². The van der Waals surface area contributed by atoms with Gasteiger partial charge in [-0.15, -0.1) is 10.2 Å². The van der Waals surface area contributed by atoms with Crippen LogP contribution in [-0.4, -0.2) is 62.9 Å². The number of nitrogens with zero attached hydrogens (tertiary/aromatic N) is 5. The van der Waals surface area contributed by atoms with Gasteiger partial charge in [0.25, 0.3) is 0 Å². The number of thioether (sulfide) groups is 1. The molecule has 0 spiro atoms. The van der Waals surface area contributed by atoms with Crippen LogP contribution < -0.4 is 0 Å². The van der Waals surface area contributed by atoms with E-state index in [1.165, 1.54) is 30.2 Å². The van der Waals surface area contributed by atoms with E-state index in [1.807, 2.05) is 17.9 Å². The summed E-state index contributed by atoms with van der Waals surface area (Å²) in [5.74, 6) is 1.18. The van der Waals surface area contributed by atoms with Gasteiger partial charge in [-0.3, -0.25) is 9.69 Å². The number of hydrogen-bond donors (Lipinski definition) is 0. The zero-order chi connectivity index (χ0) is 21.5. The summed E-state index contributed by atoms with van der Waals surface area (Å²) in [7, 11) is 4.15. The topological polar surface area (TPSA) is 54.3 Å². The molecule has 7 heteroatoms. The van der Waals surface area contributed by atoms with Crippen molar-refractivity contribution in [2.75, 3.05) is 27.2 Å². The van der Waals surface area contributed by atoms with Crippen molar-refractivity contribution in [2.24, 2.45) is 0 Å². The van der Waals surface area contributed by atoms with Gasteiger partial charge < -0.3 is 9.47 Å². The minimum absolute atomic E-state index is 0.172. The van der Waals surface area contributed by atoms with Crippen LogP contribution >= 0.6 is 11.8 Å². The highest BCUT2D eigenvalue weighted by atomic mass is 32.2. The predicted molar refractivity (Wildman–Crippen MR) is 123 cm³/mol. The fraction of sp³-hybridized carbons (Fsp3) is 0.609. The molecule has 6 nitrogen and oxygen atoms in total. The molecule has 0 N–H and O–H groups in total. The molecule has 30 heavy (non-hydrogen) atoms. The van der Waals surface area contributed by atoms with E-state index in [-0.39, 0.29) is 17.2 Å². The molecule has 0 aliphatic carbocycles. The van der Waals surface area contributed by atoms with Crippen LogP contribution in [0.1, 0.15) is 63.4 Å². The van der Waals surface area contributed by atoms with E-state index >= 15 is 0 Å². The third-order valence-corrected chi connectivity index (χ3v) is 6.85. The van der Waals surface area contributed by atoms with E-state index in [0.717, 1.165) is 43.3 Å². The molecule has 1 aliphatic heterocycles. The first-order valence-electron chi connectivity index (χ1n) is 11.1. The quantitative estimate of drug-likeness (QED) is 0.588. The summed E-state index contributed by atoms with van der Waals surface area (Å²) in [6, 6.07) is 10.6. The normalized spacial score (nSPS) is 17.0. The standard InChI is InChI=1S/C23H35N5OS/c1-5-20(26(3)4)21-24-25-23(28(21)17-19-13-9-8-10-14-19)30-18(2)22(29)27-15-11-6-7-12-16-27/h8-10,13-14,18,20H,5-7,11-12,15-17H2,1-4H3/t18-,20-/m1/s1. The number of amides is 1. The third-order valence-electron chi connectivity index (χ3n) is 5.78. The third kappa shape index (κ3) is 5.64. The molecule has 0 unspecified atom stereocenters. The minimum Gasteiger partial charge on any atom is -0.342 e. The van der Waals surface area contributed by atoms with Crippen molar-refractivity contribution >= 4 is 17.7 Å². The Kier molecular flexibility index (Phi) is 8.33. The van der Waals surface area contributed by atoms with Crippen LogP contribution in [0.3, 0.4) is 0 Å². The number of aromatic nitrogens is 3. The molecule has 1 aliphatic rings. The van der Waals surface area contributed by atoms with Gasteiger partial charge in [-0.05, 0) is 45.8 Å². The van der Waals surface area contributed by atoms with Gasteiger partial charge in [0.15, 0.2) is 11.0 Å². The molecule has 1 fully saturated rings. The van der Waals surface area contributed by atoms with Crippen LogP contribution in [0.5, 0.6) is 0 Å². The van der Waals surface area contributed by atoms with Crippen molar-refractivity contribution < 1.29 is 4.79 Å². The molecular weight excluding hydrogens is 394 g/mol. The second-order valence-corrected chi connectivity index (χ2v) is 9.61. The molecule has 1 aromatic carbocycles. The molecule has 2 atom stereocenters. The lowest BCUT2D eigenvalue weighted by Crippen LogP contribution is -2.37. The van der Waals surface area contributed by atoms with Crippen LogP contribution in [0.15, 0.2) is 35.5 Å². The lowest BCUT2D eigenvalue weighted by atomic mass is 10.2. The lowest BCUT2D eigenvalue weighted by Gasteiger charge is -2.25. The first-order valence-corrected chi connectivity index (χ1v) is 12.0. The average Bonchev–Trinajstić information content (AvgIpc) is 2.95. The molecule has 164 valence electrons. The monoisotopic (exact) mass is 429 g/mol. The van der Waals surface area contributed by atoms with Crippen molar-refractivity contribution in [2.45, 2.75) is 68.9 Å². The van der Waals surface area contributed by atoms with Crippen molar-refractivity contribution in [3.63, 3.8) is 0 Å². The van der Waals surface area contributed by atoms with Gasteiger partial charge in [0.05, 0.1) is 17.8 Å². The highest BCUT2D eigenvalue weighted by molar-refractivity contribution is 8.00. The molecule has 2 aromatic rings. The van der Waals surface area contributed by atoms with Gasteiger partial charge in [0.2, 0.25) is 5.91 Å². The summed E-state index contributed by atoms with van der Waals surface area (Å²) in [5.41, 5.74) is 1.21. The molecule has 1 aromatic heterocycles. The highest BCUT2D eigenvalue weighted by Gasteiger charge is 2.27. The summed E-state index contributed by atoms with van der Waals surface area (Å²) in [6.07, 6.45) is 5.62. The Labute approximate surface area is 185 Å². The predicted octanol–water partition coefficient (Wildman–Crippen LogP) is 4.22. The maximum Gasteiger partial charge on any atom is 0.235 e. The summed E-state index contributed by atoms with van der Waals surface area (Å²) < 4.78 is 2.19. The molecule has 3 rings (SSSR count). The Morgan fingerprint density at radius 1 is 1.10 bits per heavy atom. The average molecular weight is 430 g/mol. The Bertz CT molecular complexity index is 799. The molecule has 1 amide bonds. The van der Waals surface area contributed by atoms with Gasteiger partial charge in [-0.2, -0.15) is 0 Å². The number of carbonyl (C=O) groups is 1. The van der Waals surface area contributed by atoms with Gasteiger partial charge >= 0.3 is 0 Å². The number of benzene rings is 1. The smallest absolute Gasteiger partial charge is 0.235 e. The summed E-state index contributed by atoms with van der Waals surface area (Å²) in [5, 5.41) is 9.75. The van der Waals surface area contributed by atoms with Gasteiger partial charge in [0.1, 0.15) is 0 Å². The molecule has 2 heterocycles. The minimum atomic E-state index is -0.172. The van der Waals surface area contributed by atoms with Crippen LogP contribution in [0.2, 0.25) is 0 Å². The SMILES string of the molecule is CC[C@H](c1nnc(S[C@H](C)C(=O)N2CCCCCC2)n1Cc1ccccc1)N(C)C. The number of hydrogen-bond acceptors (Lipinski definition) is 5. The van der Waals surface area contributed by atoms with Crippen molar-refractivity contribution in [1.29, 1.82) is 0 Å². The van der Waals surface area contributed by atoms with Gasteiger partial charge in [-0.1, -0.05) is 61.9 Å². The van der Waals surface area contributed by atoms with Crippen LogP contribution in [0, 0.1) is 0 Å². The van der Waals surface area contributed by atoms with Gasteiger partial charge in [0, 0.05) is 13.1 Å². The second kappa shape index (κ2) is 11.0. The second-order valence-electron chi connectivity index (χ2n) is 8.30. The molecule has 0 radical (unpaired) electrons. The fourth-order valence-corrected chi connectivity index (χ4v) is 5.02. The van der Waals surface area contributed by atoms with Crippen LogP contribution in [0.4, 0.5) is 0 Å². The van der Waals surface area contributed by atoms with Crippen molar-refractivity contribution in [1.82, 2.24) is 24.6 Å². The maximum atomic E-state index is 13.1. The zero-order valence-electron chi connectivity index (χ0n) is 18.8. The summed E-state index contributed by atoms with van der Waals surface area (Å²) in [4.78, 5) is 17.3. The van der Waals surface area contributed by atoms with E-state index < -0.39 is 0 Å². The van der Waals surface area contributed by atoms with E-state index in [2.05, 4.69) is 64.9 Å². The molecule has 0 saturated carbocycles. The van der Waals surface area contributed by atoms with Crippen LogP contribution in [0.25, 0.3) is 0 Å². The van der Waals surface area contributed by atoms with Crippen molar-refractivity contribution in [3.8, 4) is 0 Å². The fourth-order valence-electron chi connectivity index (χ4n) is 4.08. The lowest BCUT2D eigenvalue weighted by molar-refractivity contribution is -0.130. The number of likely N-dealkylation sites (tertiary alicyclic amines) is 1. The summed E-state index contributed by atoms with van der Waals surface area (Å²) in [6.45, 7) is 6.64. The summed E-state index contributed by atoms with van der Waals surface area (Å²) >= 11 is 1.54.